The zero-order chi connectivity index (χ0) is 19.4. The fourth-order valence-electron chi connectivity index (χ4n) is 3.83. The van der Waals surface area contributed by atoms with E-state index in [4.69, 9.17) is 4.74 Å². The van der Waals surface area contributed by atoms with Crippen molar-refractivity contribution in [1.29, 1.82) is 0 Å². The van der Waals surface area contributed by atoms with E-state index >= 15 is 0 Å². The molecule has 144 valence electrons. The van der Waals surface area contributed by atoms with Gasteiger partial charge in [-0.05, 0) is 30.5 Å². The van der Waals surface area contributed by atoms with Gasteiger partial charge in [-0.15, -0.1) is 0 Å². The fourth-order valence-corrected chi connectivity index (χ4v) is 3.83. The third kappa shape index (κ3) is 3.96. The first-order valence-electron chi connectivity index (χ1n) is 8.95. The van der Waals surface area contributed by atoms with E-state index in [1.165, 1.54) is 13.2 Å². The van der Waals surface area contributed by atoms with Crippen molar-refractivity contribution in [3.63, 3.8) is 0 Å². The number of carbonyl (C=O) groups is 1. The van der Waals surface area contributed by atoms with Gasteiger partial charge in [0.2, 0.25) is 0 Å². The van der Waals surface area contributed by atoms with Gasteiger partial charge in [-0.3, -0.25) is 9.69 Å². The number of aliphatic hydroxyl groups excluding tert-OH is 1. The van der Waals surface area contributed by atoms with Crippen LogP contribution in [0.15, 0.2) is 48.5 Å². The number of carboxylic acid groups (broad SMARTS) is 1. The Morgan fingerprint density at radius 3 is 2.67 bits per heavy atom. The van der Waals surface area contributed by atoms with Crippen LogP contribution in [0.25, 0.3) is 0 Å². The van der Waals surface area contributed by atoms with Crippen molar-refractivity contribution in [2.45, 2.75) is 25.5 Å². The molecular weight excluding hydrogens is 349 g/mol. The van der Waals surface area contributed by atoms with Crippen molar-refractivity contribution < 1.29 is 24.1 Å². The number of methoxy groups -OCH3 is 1. The third-order valence-electron chi connectivity index (χ3n) is 5.33. The Kier molecular flexibility index (Phi) is 5.77. The van der Waals surface area contributed by atoms with Crippen molar-refractivity contribution in [1.82, 2.24) is 4.90 Å². The minimum absolute atomic E-state index is 0.135. The number of aliphatic carboxylic acids is 1. The Hall–Kier alpha value is -2.44. The summed E-state index contributed by atoms with van der Waals surface area (Å²) in [5.41, 5.74) is -0.0855. The van der Waals surface area contributed by atoms with Gasteiger partial charge >= 0.3 is 5.97 Å². The van der Waals surface area contributed by atoms with E-state index in [0.717, 1.165) is 5.56 Å². The van der Waals surface area contributed by atoms with Crippen LogP contribution in [-0.4, -0.2) is 47.4 Å². The average Bonchev–Trinajstić information content (AvgIpc) is 2.66. The molecule has 1 aliphatic rings. The van der Waals surface area contributed by atoms with Crippen LogP contribution in [0.1, 0.15) is 17.5 Å². The van der Waals surface area contributed by atoms with Crippen LogP contribution in [0, 0.1) is 11.2 Å². The lowest BCUT2D eigenvalue weighted by Gasteiger charge is -2.43. The maximum absolute atomic E-state index is 14.3. The molecule has 6 heteroatoms. The van der Waals surface area contributed by atoms with E-state index in [1.807, 2.05) is 35.2 Å². The first kappa shape index (κ1) is 19.3. The molecule has 1 aliphatic heterocycles. The first-order chi connectivity index (χ1) is 13.0. The monoisotopic (exact) mass is 373 g/mol. The molecule has 1 saturated heterocycles. The first-order valence-corrected chi connectivity index (χ1v) is 8.95. The van der Waals surface area contributed by atoms with E-state index in [-0.39, 0.29) is 25.3 Å². The average molecular weight is 373 g/mol. The lowest BCUT2D eigenvalue weighted by molar-refractivity contribution is -0.163. The highest BCUT2D eigenvalue weighted by molar-refractivity contribution is 5.76. The quantitative estimate of drug-likeness (QED) is 0.815. The molecule has 1 heterocycles. The van der Waals surface area contributed by atoms with Crippen LogP contribution >= 0.6 is 0 Å². The molecule has 0 amide bonds. The molecule has 2 aromatic rings. The molecule has 1 fully saturated rings. The number of benzene rings is 2. The molecule has 0 spiro atoms. The Bertz CT molecular complexity index is 798. The van der Waals surface area contributed by atoms with Gasteiger partial charge in [0, 0.05) is 25.2 Å². The summed E-state index contributed by atoms with van der Waals surface area (Å²) >= 11 is 0. The molecule has 0 bridgehead atoms. The number of halogens is 1. The summed E-state index contributed by atoms with van der Waals surface area (Å²) in [6, 6.07) is 13.9. The lowest BCUT2D eigenvalue weighted by atomic mass is 9.72. The number of nitrogens with zero attached hydrogens (tertiary/aromatic N) is 1. The molecule has 0 radical (unpaired) electrons. The maximum atomic E-state index is 14.3. The summed E-state index contributed by atoms with van der Waals surface area (Å²) in [6.45, 7) is 0.852. The van der Waals surface area contributed by atoms with E-state index in [1.54, 1.807) is 12.1 Å². The van der Waals surface area contributed by atoms with Crippen LogP contribution in [0.5, 0.6) is 5.75 Å². The molecule has 2 aromatic carbocycles. The Morgan fingerprint density at radius 2 is 2.00 bits per heavy atom. The minimum atomic E-state index is -1.34. The van der Waals surface area contributed by atoms with E-state index < -0.39 is 17.5 Å². The Balaban J connectivity index is 1.87. The summed E-state index contributed by atoms with van der Waals surface area (Å²) in [7, 11) is 1.48. The number of hydrogen-bond donors (Lipinski definition) is 2. The van der Waals surface area contributed by atoms with Crippen molar-refractivity contribution >= 4 is 5.97 Å². The molecule has 3 rings (SSSR count). The van der Waals surface area contributed by atoms with Crippen LogP contribution in [0.4, 0.5) is 4.39 Å². The van der Waals surface area contributed by atoms with Gasteiger partial charge in [-0.2, -0.15) is 0 Å². The fraction of sp³-hybridized carbons (Fsp3) is 0.381. The van der Waals surface area contributed by atoms with Crippen molar-refractivity contribution in [3.05, 3.63) is 65.5 Å². The predicted molar refractivity (Wildman–Crippen MR) is 99.1 cm³/mol. The molecular formula is C21H24FNO4. The van der Waals surface area contributed by atoms with Crippen molar-refractivity contribution in [3.8, 4) is 5.75 Å². The van der Waals surface area contributed by atoms with Gasteiger partial charge in [0.25, 0.3) is 0 Å². The molecule has 0 saturated carbocycles. The number of carboxylic acids is 1. The summed E-state index contributed by atoms with van der Waals surface area (Å²) < 4.78 is 19.5. The van der Waals surface area contributed by atoms with Gasteiger partial charge in [0.1, 0.15) is 17.0 Å². The lowest BCUT2D eigenvalue weighted by Crippen LogP contribution is -2.56. The zero-order valence-electron chi connectivity index (χ0n) is 15.3. The van der Waals surface area contributed by atoms with Gasteiger partial charge in [0.15, 0.2) is 0 Å². The van der Waals surface area contributed by atoms with Crippen LogP contribution in [-0.2, 0) is 17.8 Å². The van der Waals surface area contributed by atoms with Crippen LogP contribution in [0.3, 0.4) is 0 Å². The molecule has 0 aromatic heterocycles. The van der Waals surface area contributed by atoms with E-state index in [0.29, 0.717) is 24.3 Å². The van der Waals surface area contributed by atoms with Gasteiger partial charge < -0.3 is 14.9 Å². The number of likely N-dealkylation sites (tertiary alicyclic amines) is 1. The normalized spacial score (nSPS) is 23.1. The Labute approximate surface area is 158 Å². The molecule has 27 heavy (non-hydrogen) atoms. The van der Waals surface area contributed by atoms with E-state index in [2.05, 4.69) is 0 Å². The topological polar surface area (TPSA) is 70.0 Å². The van der Waals surface area contributed by atoms with E-state index in [9.17, 15) is 19.4 Å². The second kappa shape index (κ2) is 8.06. The highest BCUT2D eigenvalue weighted by Crippen LogP contribution is 2.36. The largest absolute Gasteiger partial charge is 0.496 e. The number of rotatable bonds is 6. The second-order valence-corrected chi connectivity index (χ2v) is 7.06. The van der Waals surface area contributed by atoms with Crippen molar-refractivity contribution in [2.24, 2.45) is 5.41 Å². The molecule has 2 atom stereocenters. The smallest absolute Gasteiger partial charge is 0.313 e. The molecule has 0 unspecified atom stereocenters. The number of hydrogen-bond acceptors (Lipinski definition) is 4. The highest BCUT2D eigenvalue weighted by atomic mass is 19.1. The third-order valence-corrected chi connectivity index (χ3v) is 5.33. The standard InChI is InChI=1S/C21H24FNO4/c1-27-18-9-5-8-17(22)16(18)13-23-11-10-19(24)21(14-23,20(25)26)12-15-6-3-2-4-7-15/h2-9,19,24H,10-14H2,1H3,(H,25,26)/t19-,21-/m0/s1. The maximum Gasteiger partial charge on any atom is 0.313 e. The van der Waals surface area contributed by atoms with Crippen LogP contribution < -0.4 is 4.74 Å². The second-order valence-electron chi connectivity index (χ2n) is 7.06. The molecule has 5 nitrogen and oxygen atoms in total. The summed E-state index contributed by atoms with van der Waals surface area (Å²) in [5.74, 6) is -0.987. The number of piperidine rings is 1. The summed E-state index contributed by atoms with van der Waals surface area (Å²) in [4.78, 5) is 14.1. The summed E-state index contributed by atoms with van der Waals surface area (Å²) in [5, 5.41) is 20.6. The summed E-state index contributed by atoms with van der Waals surface area (Å²) in [6.07, 6.45) is -0.431. The number of ether oxygens (including phenoxy) is 1. The SMILES string of the molecule is COc1cccc(F)c1CN1CC[C@H](O)[C@@](Cc2ccccc2)(C(=O)O)C1. The molecule has 2 N–H and O–H groups in total. The van der Waals surface area contributed by atoms with Crippen LogP contribution in [0.2, 0.25) is 0 Å². The van der Waals surface area contributed by atoms with Gasteiger partial charge in [-0.25, -0.2) is 4.39 Å². The highest BCUT2D eigenvalue weighted by Gasteiger charge is 2.49. The predicted octanol–water partition coefficient (Wildman–Crippen LogP) is 2.71. The minimum Gasteiger partial charge on any atom is -0.496 e. The molecule has 0 aliphatic carbocycles. The van der Waals surface area contributed by atoms with Gasteiger partial charge in [-0.1, -0.05) is 36.4 Å². The van der Waals surface area contributed by atoms with Crippen molar-refractivity contribution in [2.75, 3.05) is 20.2 Å². The zero-order valence-corrected chi connectivity index (χ0v) is 15.3. The van der Waals surface area contributed by atoms with Gasteiger partial charge in [0.05, 0.1) is 13.2 Å². The number of aliphatic hydroxyl groups is 1. The Morgan fingerprint density at radius 1 is 1.26 bits per heavy atom.